The molecule has 1 saturated heterocycles. The number of benzene rings is 2. The Morgan fingerprint density at radius 3 is 2.40 bits per heavy atom. The van der Waals surface area contributed by atoms with Gasteiger partial charge in [-0.15, -0.1) is 0 Å². The summed E-state index contributed by atoms with van der Waals surface area (Å²) >= 11 is 0. The highest BCUT2D eigenvalue weighted by atomic mass is 16.5. The van der Waals surface area contributed by atoms with Crippen molar-refractivity contribution in [2.45, 2.75) is 18.9 Å². The van der Waals surface area contributed by atoms with Gasteiger partial charge in [0, 0.05) is 43.1 Å². The van der Waals surface area contributed by atoms with Gasteiger partial charge in [0.05, 0.1) is 0 Å². The average molecular weight is 340 g/mol. The molecule has 25 heavy (non-hydrogen) atoms. The number of amides is 2. The molecular formula is C19H20N2O4. The van der Waals surface area contributed by atoms with E-state index >= 15 is 0 Å². The van der Waals surface area contributed by atoms with Gasteiger partial charge in [0.15, 0.2) is 0 Å². The second kappa shape index (κ2) is 7.25. The van der Waals surface area contributed by atoms with E-state index in [1.165, 1.54) is 6.07 Å². The van der Waals surface area contributed by atoms with E-state index < -0.39 is 5.91 Å². The van der Waals surface area contributed by atoms with Crippen molar-refractivity contribution in [3.8, 4) is 11.5 Å². The molecule has 1 aliphatic rings. The number of primary amides is 1. The Morgan fingerprint density at radius 1 is 1.04 bits per heavy atom. The second-order valence-corrected chi connectivity index (χ2v) is 6.05. The lowest BCUT2D eigenvalue weighted by molar-refractivity contribution is 0.0595. The zero-order chi connectivity index (χ0) is 17.8. The minimum Gasteiger partial charge on any atom is -0.508 e. The van der Waals surface area contributed by atoms with Crippen LogP contribution in [0.5, 0.6) is 11.5 Å². The number of likely N-dealkylation sites (tertiary alicyclic amines) is 1. The third kappa shape index (κ3) is 4.09. The molecular weight excluding hydrogens is 320 g/mol. The summed E-state index contributed by atoms with van der Waals surface area (Å²) in [6, 6.07) is 13.2. The second-order valence-electron chi connectivity index (χ2n) is 6.05. The zero-order valence-electron chi connectivity index (χ0n) is 13.7. The van der Waals surface area contributed by atoms with E-state index in [2.05, 4.69) is 0 Å². The highest BCUT2D eigenvalue weighted by molar-refractivity contribution is 5.99. The lowest BCUT2D eigenvalue weighted by atomic mass is 10.0. The van der Waals surface area contributed by atoms with Crippen LogP contribution in [0.4, 0.5) is 0 Å². The Kier molecular flexibility index (Phi) is 4.88. The molecule has 0 saturated carbocycles. The van der Waals surface area contributed by atoms with Crippen LogP contribution >= 0.6 is 0 Å². The van der Waals surface area contributed by atoms with Crippen LogP contribution in [0.3, 0.4) is 0 Å². The van der Waals surface area contributed by atoms with Gasteiger partial charge in [0.25, 0.3) is 5.91 Å². The van der Waals surface area contributed by atoms with E-state index in [4.69, 9.17) is 10.5 Å². The molecule has 0 atom stereocenters. The summed E-state index contributed by atoms with van der Waals surface area (Å²) in [5, 5.41) is 9.48. The maximum absolute atomic E-state index is 12.6. The summed E-state index contributed by atoms with van der Waals surface area (Å²) < 4.78 is 5.86. The molecule has 0 spiro atoms. The first kappa shape index (κ1) is 16.8. The lowest BCUT2D eigenvalue weighted by Gasteiger charge is -2.32. The number of phenolic OH excluding ortho intramolecular Hbond substituents is 1. The highest BCUT2D eigenvalue weighted by Gasteiger charge is 2.25. The first-order valence-corrected chi connectivity index (χ1v) is 8.18. The number of piperidine rings is 1. The van der Waals surface area contributed by atoms with Crippen molar-refractivity contribution in [3.63, 3.8) is 0 Å². The molecule has 2 amide bonds. The largest absolute Gasteiger partial charge is 0.508 e. The topological polar surface area (TPSA) is 92.9 Å². The molecule has 0 unspecified atom stereocenters. The maximum Gasteiger partial charge on any atom is 0.253 e. The molecule has 2 aromatic carbocycles. The molecule has 3 N–H and O–H groups in total. The summed E-state index contributed by atoms with van der Waals surface area (Å²) in [7, 11) is 0. The Hall–Kier alpha value is -3.02. The van der Waals surface area contributed by atoms with Crippen molar-refractivity contribution in [1.82, 2.24) is 4.90 Å². The van der Waals surface area contributed by atoms with Crippen molar-refractivity contribution in [2.24, 2.45) is 5.73 Å². The number of rotatable bonds is 4. The fourth-order valence-corrected chi connectivity index (χ4v) is 2.91. The van der Waals surface area contributed by atoms with Crippen molar-refractivity contribution in [1.29, 1.82) is 0 Å². The van der Waals surface area contributed by atoms with E-state index in [9.17, 15) is 14.7 Å². The summed E-state index contributed by atoms with van der Waals surface area (Å²) in [4.78, 5) is 25.6. The van der Waals surface area contributed by atoms with Crippen LogP contribution < -0.4 is 10.5 Å². The normalized spacial score (nSPS) is 15.0. The molecule has 1 fully saturated rings. The Balaban J connectivity index is 1.59. The number of hydrogen-bond acceptors (Lipinski definition) is 4. The predicted octanol–water partition coefficient (Wildman–Crippen LogP) is 2.17. The number of aromatic hydroxyl groups is 1. The maximum atomic E-state index is 12.6. The van der Waals surface area contributed by atoms with Gasteiger partial charge >= 0.3 is 0 Å². The number of carbonyl (C=O) groups excluding carboxylic acids is 2. The van der Waals surface area contributed by atoms with E-state index in [-0.39, 0.29) is 17.8 Å². The number of phenols is 1. The standard InChI is InChI=1S/C19H20N2O4/c20-18(23)13-3-1-4-14(11-13)19(24)21-9-7-16(8-10-21)25-17-6-2-5-15(22)12-17/h1-6,11-12,16,22H,7-10H2,(H2,20,23). The summed E-state index contributed by atoms with van der Waals surface area (Å²) in [5.74, 6) is 0.130. The van der Waals surface area contributed by atoms with E-state index in [1.54, 1.807) is 47.4 Å². The van der Waals surface area contributed by atoms with Gasteiger partial charge in [-0.05, 0) is 30.3 Å². The van der Waals surface area contributed by atoms with Crippen molar-refractivity contribution < 1.29 is 19.4 Å². The third-order valence-electron chi connectivity index (χ3n) is 4.24. The fourth-order valence-electron chi connectivity index (χ4n) is 2.91. The Labute approximate surface area is 145 Å². The van der Waals surface area contributed by atoms with Crippen LogP contribution in [0.1, 0.15) is 33.6 Å². The summed E-state index contributed by atoms with van der Waals surface area (Å²) in [5.41, 5.74) is 6.05. The molecule has 0 bridgehead atoms. The predicted molar refractivity (Wildman–Crippen MR) is 92.6 cm³/mol. The molecule has 3 rings (SSSR count). The van der Waals surface area contributed by atoms with Crippen LogP contribution in [0, 0.1) is 0 Å². The van der Waals surface area contributed by atoms with Crippen LogP contribution in [0.2, 0.25) is 0 Å². The molecule has 6 heteroatoms. The highest BCUT2D eigenvalue weighted by Crippen LogP contribution is 2.23. The minimum atomic E-state index is -0.548. The third-order valence-corrected chi connectivity index (χ3v) is 4.24. The summed E-state index contributed by atoms with van der Waals surface area (Å²) in [6.45, 7) is 1.15. The van der Waals surface area contributed by atoms with E-state index in [1.807, 2.05) is 0 Å². The van der Waals surface area contributed by atoms with Crippen molar-refractivity contribution in [2.75, 3.05) is 13.1 Å². The number of ether oxygens (including phenoxy) is 1. The quantitative estimate of drug-likeness (QED) is 0.892. The van der Waals surface area contributed by atoms with Crippen LogP contribution in [0.15, 0.2) is 48.5 Å². The molecule has 2 aromatic rings. The molecule has 130 valence electrons. The van der Waals surface area contributed by atoms with Gasteiger partial charge < -0.3 is 20.5 Å². The summed E-state index contributed by atoms with van der Waals surface area (Å²) in [6.07, 6.45) is 1.41. The van der Waals surface area contributed by atoms with Gasteiger partial charge in [-0.2, -0.15) is 0 Å². The lowest BCUT2D eigenvalue weighted by Crippen LogP contribution is -2.41. The van der Waals surface area contributed by atoms with E-state index in [0.717, 1.165) is 0 Å². The van der Waals surface area contributed by atoms with Gasteiger partial charge in [-0.3, -0.25) is 9.59 Å². The molecule has 1 heterocycles. The van der Waals surface area contributed by atoms with Crippen molar-refractivity contribution >= 4 is 11.8 Å². The van der Waals surface area contributed by atoms with Crippen molar-refractivity contribution in [3.05, 3.63) is 59.7 Å². The molecule has 0 aromatic heterocycles. The number of carbonyl (C=O) groups is 2. The smallest absolute Gasteiger partial charge is 0.253 e. The first-order valence-electron chi connectivity index (χ1n) is 8.18. The number of nitrogens with zero attached hydrogens (tertiary/aromatic N) is 1. The zero-order valence-corrected chi connectivity index (χ0v) is 13.7. The van der Waals surface area contributed by atoms with Gasteiger partial charge in [-0.25, -0.2) is 0 Å². The Morgan fingerprint density at radius 2 is 1.72 bits per heavy atom. The van der Waals surface area contributed by atoms with E-state index in [0.29, 0.717) is 42.8 Å². The van der Waals surface area contributed by atoms with Crippen LogP contribution in [-0.2, 0) is 0 Å². The Bertz CT molecular complexity index is 782. The fraction of sp³-hybridized carbons (Fsp3) is 0.263. The molecule has 0 radical (unpaired) electrons. The molecule has 1 aliphatic heterocycles. The minimum absolute atomic E-state index is 0.00260. The van der Waals surface area contributed by atoms with Gasteiger partial charge in [0.2, 0.25) is 5.91 Å². The van der Waals surface area contributed by atoms with Crippen LogP contribution in [0.25, 0.3) is 0 Å². The monoisotopic (exact) mass is 340 g/mol. The number of nitrogens with two attached hydrogens (primary N) is 1. The molecule has 0 aliphatic carbocycles. The average Bonchev–Trinajstić information content (AvgIpc) is 2.62. The van der Waals surface area contributed by atoms with Gasteiger partial charge in [0.1, 0.15) is 17.6 Å². The SMILES string of the molecule is NC(=O)c1cccc(C(=O)N2CCC(Oc3cccc(O)c3)CC2)c1. The molecule has 6 nitrogen and oxygen atoms in total. The van der Waals surface area contributed by atoms with Gasteiger partial charge in [-0.1, -0.05) is 12.1 Å². The van der Waals surface area contributed by atoms with Crippen LogP contribution in [-0.4, -0.2) is 41.0 Å². The number of hydrogen-bond donors (Lipinski definition) is 2. The first-order chi connectivity index (χ1) is 12.0.